The maximum Gasteiger partial charge on any atom is 0.253 e. The molecule has 3 amide bonds. The molecular formula is C25H30FN3O3. The van der Waals surface area contributed by atoms with Gasteiger partial charge in [-0.05, 0) is 62.4 Å². The van der Waals surface area contributed by atoms with Crippen molar-refractivity contribution in [1.29, 1.82) is 0 Å². The summed E-state index contributed by atoms with van der Waals surface area (Å²) in [6, 6.07) is 12.2. The van der Waals surface area contributed by atoms with E-state index in [4.69, 9.17) is 0 Å². The summed E-state index contributed by atoms with van der Waals surface area (Å²) in [5.41, 5.74) is 1.87. The highest BCUT2D eigenvalue weighted by atomic mass is 19.1. The summed E-state index contributed by atoms with van der Waals surface area (Å²) >= 11 is 0. The number of carbonyl (C=O) groups is 3. The van der Waals surface area contributed by atoms with Gasteiger partial charge in [0, 0.05) is 30.8 Å². The van der Waals surface area contributed by atoms with Crippen LogP contribution in [0.2, 0.25) is 0 Å². The lowest BCUT2D eigenvalue weighted by Gasteiger charge is -2.36. The van der Waals surface area contributed by atoms with E-state index in [-0.39, 0.29) is 23.6 Å². The third-order valence-corrected chi connectivity index (χ3v) is 5.80. The topological polar surface area (TPSA) is 78.5 Å². The van der Waals surface area contributed by atoms with Crippen LogP contribution in [0.1, 0.15) is 52.5 Å². The van der Waals surface area contributed by atoms with Gasteiger partial charge in [-0.3, -0.25) is 14.4 Å². The van der Waals surface area contributed by atoms with Crippen LogP contribution < -0.4 is 10.6 Å². The molecule has 1 heterocycles. The Balaban J connectivity index is 1.67. The lowest BCUT2D eigenvalue weighted by molar-refractivity contribution is -0.124. The molecule has 2 aromatic carbocycles. The fourth-order valence-electron chi connectivity index (χ4n) is 3.93. The summed E-state index contributed by atoms with van der Waals surface area (Å²) in [6.07, 6.45) is 1.93. The highest BCUT2D eigenvalue weighted by molar-refractivity contribution is 5.97. The van der Waals surface area contributed by atoms with Gasteiger partial charge in [-0.1, -0.05) is 30.7 Å². The number of hydrogen-bond acceptors (Lipinski definition) is 3. The van der Waals surface area contributed by atoms with E-state index in [1.54, 1.807) is 23.1 Å². The Kier molecular flexibility index (Phi) is 7.98. The maximum atomic E-state index is 13.5. The van der Waals surface area contributed by atoms with Crippen LogP contribution in [0.15, 0.2) is 48.5 Å². The van der Waals surface area contributed by atoms with Crippen molar-refractivity contribution in [3.05, 3.63) is 71.0 Å². The van der Waals surface area contributed by atoms with E-state index in [1.165, 1.54) is 18.2 Å². The first kappa shape index (κ1) is 23.4. The Labute approximate surface area is 188 Å². The van der Waals surface area contributed by atoms with Crippen molar-refractivity contribution in [3.63, 3.8) is 0 Å². The number of nitrogens with zero attached hydrogens (tertiary/aromatic N) is 1. The lowest BCUT2D eigenvalue weighted by atomic mass is 9.88. The van der Waals surface area contributed by atoms with Crippen molar-refractivity contribution >= 4 is 17.7 Å². The molecule has 1 aliphatic rings. The quantitative estimate of drug-likeness (QED) is 0.695. The Morgan fingerprint density at radius 1 is 1.06 bits per heavy atom. The average Bonchev–Trinajstić information content (AvgIpc) is 2.81. The first-order chi connectivity index (χ1) is 15.4. The summed E-state index contributed by atoms with van der Waals surface area (Å²) in [5, 5.41) is 5.80. The zero-order valence-electron chi connectivity index (χ0n) is 18.6. The van der Waals surface area contributed by atoms with E-state index in [2.05, 4.69) is 10.6 Å². The van der Waals surface area contributed by atoms with Crippen molar-refractivity contribution in [3.8, 4) is 0 Å². The normalized spacial score (nSPS) is 15.2. The molecule has 170 valence electrons. The molecule has 0 radical (unpaired) electrons. The van der Waals surface area contributed by atoms with Crippen LogP contribution in [0.4, 0.5) is 4.39 Å². The van der Waals surface area contributed by atoms with Gasteiger partial charge in [-0.25, -0.2) is 4.39 Å². The smallest absolute Gasteiger partial charge is 0.253 e. The van der Waals surface area contributed by atoms with Gasteiger partial charge in [-0.2, -0.15) is 0 Å². The van der Waals surface area contributed by atoms with E-state index in [9.17, 15) is 18.8 Å². The van der Waals surface area contributed by atoms with E-state index < -0.39 is 11.9 Å². The number of rotatable bonds is 7. The minimum absolute atomic E-state index is 0.0992. The minimum atomic E-state index is -0.679. The second-order valence-electron chi connectivity index (χ2n) is 8.25. The first-order valence-corrected chi connectivity index (χ1v) is 11.1. The molecule has 0 unspecified atom stereocenters. The largest absolute Gasteiger partial charge is 0.354 e. The monoisotopic (exact) mass is 439 g/mol. The van der Waals surface area contributed by atoms with Crippen molar-refractivity contribution in [1.82, 2.24) is 15.5 Å². The van der Waals surface area contributed by atoms with Gasteiger partial charge in [0.05, 0.1) is 0 Å². The number of hydrogen-bond donors (Lipinski definition) is 2. The number of nitrogens with one attached hydrogen (secondary N) is 2. The molecule has 6 nitrogen and oxygen atoms in total. The van der Waals surface area contributed by atoms with Crippen molar-refractivity contribution in [2.24, 2.45) is 5.92 Å². The number of piperidine rings is 1. The van der Waals surface area contributed by atoms with Crippen LogP contribution in [-0.2, 0) is 4.79 Å². The molecule has 0 aliphatic carbocycles. The predicted octanol–water partition coefficient (Wildman–Crippen LogP) is 3.31. The van der Waals surface area contributed by atoms with Crippen molar-refractivity contribution in [2.75, 3.05) is 19.6 Å². The lowest BCUT2D eigenvalue weighted by Crippen LogP contribution is -2.54. The third-order valence-electron chi connectivity index (χ3n) is 5.80. The molecule has 0 bridgehead atoms. The van der Waals surface area contributed by atoms with Gasteiger partial charge in [0.1, 0.15) is 11.9 Å². The van der Waals surface area contributed by atoms with E-state index in [0.29, 0.717) is 43.6 Å². The Bertz CT molecular complexity index is 953. The van der Waals surface area contributed by atoms with Gasteiger partial charge in [0.25, 0.3) is 11.8 Å². The number of amides is 3. The summed E-state index contributed by atoms with van der Waals surface area (Å²) in [4.78, 5) is 40.0. The fraction of sp³-hybridized carbons (Fsp3) is 0.400. The molecule has 2 aromatic rings. The number of halogens is 1. The first-order valence-electron chi connectivity index (χ1n) is 11.1. The second-order valence-corrected chi connectivity index (χ2v) is 8.25. The number of likely N-dealkylation sites (tertiary alicyclic amines) is 1. The molecule has 7 heteroatoms. The standard InChI is InChI=1S/C25H30FN3O3/c1-3-13-27-24(31)22(28-23(30)19-9-7-17(2)8-10-19)18-11-14-29(15-12-18)25(32)20-5-4-6-21(26)16-20/h4-10,16,18,22H,3,11-15H2,1-2H3,(H,27,31)(H,28,30)/t22-/m0/s1. The molecule has 0 aromatic heterocycles. The Hall–Kier alpha value is -3.22. The zero-order valence-corrected chi connectivity index (χ0v) is 18.6. The van der Waals surface area contributed by atoms with Crippen LogP contribution in [-0.4, -0.2) is 48.3 Å². The Morgan fingerprint density at radius 3 is 2.38 bits per heavy atom. The molecule has 3 rings (SSSR count). The number of aryl methyl sites for hydroxylation is 1. The van der Waals surface area contributed by atoms with Gasteiger partial charge >= 0.3 is 0 Å². The molecular weight excluding hydrogens is 409 g/mol. The van der Waals surface area contributed by atoms with Gasteiger partial charge in [0.15, 0.2) is 0 Å². The maximum absolute atomic E-state index is 13.5. The van der Waals surface area contributed by atoms with E-state index in [0.717, 1.165) is 12.0 Å². The summed E-state index contributed by atoms with van der Waals surface area (Å²) in [5.74, 6) is -1.27. The minimum Gasteiger partial charge on any atom is -0.354 e. The van der Waals surface area contributed by atoms with Crippen LogP contribution in [0.3, 0.4) is 0 Å². The highest BCUT2D eigenvalue weighted by Crippen LogP contribution is 2.23. The second kappa shape index (κ2) is 10.9. The fourth-order valence-corrected chi connectivity index (χ4v) is 3.93. The Morgan fingerprint density at radius 2 is 1.75 bits per heavy atom. The summed E-state index contributed by atoms with van der Waals surface area (Å²) < 4.78 is 13.5. The third kappa shape index (κ3) is 5.93. The SMILES string of the molecule is CCCNC(=O)[C@@H](NC(=O)c1ccc(C)cc1)C1CCN(C(=O)c2cccc(F)c2)CC1. The molecule has 1 saturated heterocycles. The average molecular weight is 440 g/mol. The summed E-state index contributed by atoms with van der Waals surface area (Å²) in [7, 11) is 0. The summed E-state index contributed by atoms with van der Waals surface area (Å²) in [6.45, 7) is 5.33. The van der Waals surface area contributed by atoms with Crippen LogP contribution >= 0.6 is 0 Å². The zero-order chi connectivity index (χ0) is 23.1. The number of benzene rings is 2. The van der Waals surface area contributed by atoms with Gasteiger partial charge < -0.3 is 15.5 Å². The van der Waals surface area contributed by atoms with Crippen LogP contribution in [0.5, 0.6) is 0 Å². The molecule has 1 aliphatic heterocycles. The molecule has 1 atom stereocenters. The molecule has 2 N–H and O–H groups in total. The van der Waals surface area contributed by atoms with Crippen LogP contribution in [0, 0.1) is 18.7 Å². The van der Waals surface area contributed by atoms with Gasteiger partial charge in [0.2, 0.25) is 5.91 Å². The highest BCUT2D eigenvalue weighted by Gasteiger charge is 2.34. The molecule has 0 spiro atoms. The van der Waals surface area contributed by atoms with E-state index in [1.807, 2.05) is 26.0 Å². The molecule has 32 heavy (non-hydrogen) atoms. The van der Waals surface area contributed by atoms with Crippen molar-refractivity contribution < 1.29 is 18.8 Å². The van der Waals surface area contributed by atoms with Crippen molar-refractivity contribution in [2.45, 2.75) is 39.2 Å². The van der Waals surface area contributed by atoms with E-state index >= 15 is 0 Å². The predicted molar refractivity (Wildman–Crippen MR) is 121 cm³/mol. The van der Waals surface area contributed by atoms with Crippen LogP contribution in [0.25, 0.3) is 0 Å². The number of carbonyl (C=O) groups excluding carboxylic acids is 3. The molecule has 0 saturated carbocycles. The molecule has 1 fully saturated rings. The van der Waals surface area contributed by atoms with Gasteiger partial charge in [-0.15, -0.1) is 0 Å².